The molecule has 5 heteroatoms. The van der Waals surface area contributed by atoms with Gasteiger partial charge in [0.2, 0.25) is 5.91 Å². The van der Waals surface area contributed by atoms with Crippen LogP contribution in [-0.2, 0) is 20.6 Å². The third kappa shape index (κ3) is 3.10. The molecule has 1 aliphatic heterocycles. The van der Waals surface area contributed by atoms with E-state index >= 15 is 0 Å². The summed E-state index contributed by atoms with van der Waals surface area (Å²) in [6.45, 7) is 14.1. The maximum Gasteiger partial charge on any atom is 0.495 e. The van der Waals surface area contributed by atoms with Gasteiger partial charge in [0.1, 0.15) is 0 Å². The van der Waals surface area contributed by atoms with E-state index in [1.807, 2.05) is 52.8 Å². The van der Waals surface area contributed by atoms with E-state index in [1.54, 1.807) is 0 Å². The number of rotatable bonds is 4. The molecule has 1 heterocycles. The Hall–Kier alpha value is -1.59. The molecule has 0 unspecified atom stereocenters. The molecule has 0 aliphatic carbocycles. The molecule has 0 atom stereocenters. The zero-order valence-electron chi connectivity index (χ0n) is 14.0. The minimum absolute atomic E-state index is 0.180. The van der Waals surface area contributed by atoms with E-state index < -0.39 is 0 Å². The molecule has 1 fully saturated rings. The molecule has 1 aromatic rings. The van der Waals surface area contributed by atoms with Crippen molar-refractivity contribution in [1.82, 2.24) is 5.32 Å². The van der Waals surface area contributed by atoms with Gasteiger partial charge < -0.3 is 14.6 Å². The Bertz CT molecular complexity index is 580. The average Bonchev–Trinajstić information content (AvgIpc) is 2.65. The molecule has 2 rings (SSSR count). The molecular weight excluding hydrogens is 277 g/mol. The molecule has 1 saturated heterocycles. The lowest BCUT2D eigenvalue weighted by atomic mass is 9.75. The second-order valence-corrected chi connectivity index (χ2v) is 6.64. The Balaban J connectivity index is 2.23. The number of nitrogens with one attached hydrogen (secondary N) is 1. The maximum absolute atomic E-state index is 11.3. The fourth-order valence-corrected chi connectivity index (χ4v) is 2.37. The first-order valence-corrected chi connectivity index (χ1v) is 7.52. The van der Waals surface area contributed by atoms with Gasteiger partial charge in [-0.25, -0.2) is 0 Å². The van der Waals surface area contributed by atoms with Crippen molar-refractivity contribution in [2.45, 2.75) is 52.4 Å². The first-order valence-electron chi connectivity index (χ1n) is 7.52. The highest BCUT2D eigenvalue weighted by Gasteiger charge is 2.52. The third-order valence-corrected chi connectivity index (χ3v) is 4.63. The monoisotopic (exact) mass is 301 g/mol. The van der Waals surface area contributed by atoms with Crippen molar-refractivity contribution in [2.75, 3.05) is 0 Å². The van der Waals surface area contributed by atoms with Crippen molar-refractivity contribution < 1.29 is 14.1 Å². The van der Waals surface area contributed by atoms with E-state index in [-0.39, 0.29) is 24.2 Å². The summed E-state index contributed by atoms with van der Waals surface area (Å²) in [5.74, 6) is -0.180. The average molecular weight is 301 g/mol. The zero-order chi connectivity index (χ0) is 16.5. The summed E-state index contributed by atoms with van der Waals surface area (Å²) in [5.41, 5.74) is 2.39. The van der Waals surface area contributed by atoms with Crippen LogP contribution in [0.1, 0.15) is 38.8 Å². The fourth-order valence-electron chi connectivity index (χ4n) is 2.37. The highest BCUT2D eigenvalue weighted by Crippen LogP contribution is 2.36. The highest BCUT2D eigenvalue weighted by atomic mass is 16.7. The lowest BCUT2D eigenvalue weighted by Gasteiger charge is -2.32. The highest BCUT2D eigenvalue weighted by molar-refractivity contribution is 6.62. The zero-order valence-corrected chi connectivity index (χ0v) is 14.0. The molecule has 1 amide bonds. The third-order valence-electron chi connectivity index (χ3n) is 4.63. The van der Waals surface area contributed by atoms with Gasteiger partial charge in [-0.15, -0.1) is 0 Å². The Labute approximate surface area is 133 Å². The summed E-state index contributed by atoms with van der Waals surface area (Å²) in [6.07, 6.45) is 1.27. The minimum atomic E-state index is -0.389. The topological polar surface area (TPSA) is 47.6 Å². The van der Waals surface area contributed by atoms with Crippen LogP contribution in [0, 0.1) is 6.92 Å². The van der Waals surface area contributed by atoms with E-state index in [0.29, 0.717) is 6.54 Å². The van der Waals surface area contributed by atoms with Crippen LogP contribution in [0.4, 0.5) is 0 Å². The Kier molecular flexibility index (Phi) is 4.50. The van der Waals surface area contributed by atoms with Gasteiger partial charge in [-0.2, -0.15) is 0 Å². The van der Waals surface area contributed by atoms with Gasteiger partial charge >= 0.3 is 7.12 Å². The lowest BCUT2D eigenvalue weighted by molar-refractivity contribution is -0.116. The van der Waals surface area contributed by atoms with E-state index in [4.69, 9.17) is 9.31 Å². The van der Waals surface area contributed by atoms with Gasteiger partial charge in [0, 0.05) is 6.54 Å². The molecule has 22 heavy (non-hydrogen) atoms. The van der Waals surface area contributed by atoms with Crippen LogP contribution in [0.15, 0.2) is 30.9 Å². The second kappa shape index (κ2) is 5.90. The normalized spacial score (nSPS) is 19.0. The van der Waals surface area contributed by atoms with Crippen LogP contribution in [0.5, 0.6) is 0 Å². The second-order valence-electron chi connectivity index (χ2n) is 6.64. The minimum Gasteiger partial charge on any atom is -0.399 e. The van der Waals surface area contributed by atoms with Gasteiger partial charge in [-0.05, 0) is 57.3 Å². The summed E-state index contributed by atoms with van der Waals surface area (Å²) in [5, 5.41) is 2.80. The molecule has 1 aromatic carbocycles. The lowest BCUT2D eigenvalue weighted by Crippen LogP contribution is -2.41. The molecular formula is C17H24BNO3. The Morgan fingerprint density at radius 1 is 1.27 bits per heavy atom. The number of amides is 1. The standard InChI is InChI=1S/C17H24BNO3/c1-7-15(20)19-11-13-9-8-10-14(12(13)2)18-21-16(3,4)17(5,6)22-18/h7-10H,1,11H2,2-6H3,(H,19,20). The number of carbonyl (C=O) groups excluding carboxylic acids is 1. The van der Waals surface area contributed by atoms with Gasteiger partial charge in [-0.3, -0.25) is 4.79 Å². The number of hydrogen-bond acceptors (Lipinski definition) is 3. The summed E-state index contributed by atoms with van der Waals surface area (Å²) in [6, 6.07) is 5.96. The number of benzene rings is 1. The molecule has 0 saturated carbocycles. The molecule has 1 aliphatic rings. The fraction of sp³-hybridized carbons (Fsp3) is 0.471. The van der Waals surface area contributed by atoms with E-state index in [0.717, 1.165) is 16.6 Å². The van der Waals surface area contributed by atoms with Crippen LogP contribution in [0.2, 0.25) is 0 Å². The van der Waals surface area contributed by atoms with Crippen LogP contribution in [0.3, 0.4) is 0 Å². The summed E-state index contributed by atoms with van der Waals surface area (Å²) >= 11 is 0. The van der Waals surface area contributed by atoms with Crippen LogP contribution < -0.4 is 10.8 Å². The first kappa shape index (κ1) is 16.8. The first-order chi connectivity index (χ1) is 10.2. The molecule has 4 nitrogen and oxygen atoms in total. The van der Waals surface area contributed by atoms with E-state index in [1.165, 1.54) is 6.08 Å². The van der Waals surface area contributed by atoms with Gasteiger partial charge in [-0.1, -0.05) is 24.8 Å². The predicted octanol–water partition coefficient (Wildman–Crippen LogP) is 2.10. The summed E-state index contributed by atoms with van der Waals surface area (Å²) < 4.78 is 12.2. The quantitative estimate of drug-likeness (QED) is 0.684. The Morgan fingerprint density at radius 2 is 1.86 bits per heavy atom. The molecule has 118 valence electrons. The maximum atomic E-state index is 11.3. The van der Waals surface area contributed by atoms with Gasteiger partial charge in [0.25, 0.3) is 0 Å². The van der Waals surface area contributed by atoms with Gasteiger partial charge in [0.15, 0.2) is 0 Å². The molecule has 0 bridgehead atoms. The van der Waals surface area contributed by atoms with Crippen molar-refractivity contribution in [1.29, 1.82) is 0 Å². The molecule has 0 spiro atoms. The predicted molar refractivity (Wildman–Crippen MR) is 88.9 cm³/mol. The number of carbonyl (C=O) groups is 1. The Morgan fingerprint density at radius 3 is 2.41 bits per heavy atom. The molecule has 0 aromatic heterocycles. The van der Waals surface area contributed by atoms with Crippen LogP contribution >= 0.6 is 0 Å². The molecule has 1 N–H and O–H groups in total. The number of hydrogen-bond donors (Lipinski definition) is 1. The summed E-state index contributed by atoms with van der Waals surface area (Å²) in [4.78, 5) is 11.3. The molecule has 0 radical (unpaired) electrons. The van der Waals surface area contributed by atoms with Crippen molar-refractivity contribution in [3.05, 3.63) is 42.0 Å². The largest absolute Gasteiger partial charge is 0.495 e. The van der Waals surface area contributed by atoms with E-state index in [9.17, 15) is 4.79 Å². The van der Waals surface area contributed by atoms with Crippen LogP contribution in [-0.4, -0.2) is 24.2 Å². The van der Waals surface area contributed by atoms with Crippen molar-refractivity contribution in [3.63, 3.8) is 0 Å². The smallest absolute Gasteiger partial charge is 0.399 e. The van der Waals surface area contributed by atoms with Crippen molar-refractivity contribution >= 4 is 18.5 Å². The van der Waals surface area contributed by atoms with Gasteiger partial charge in [0.05, 0.1) is 11.2 Å². The van der Waals surface area contributed by atoms with Crippen LogP contribution in [0.25, 0.3) is 0 Å². The summed E-state index contributed by atoms with van der Waals surface area (Å²) in [7, 11) is -0.389. The SMILES string of the molecule is C=CC(=O)NCc1cccc(B2OC(C)(C)C(C)(C)O2)c1C. The van der Waals surface area contributed by atoms with Crippen molar-refractivity contribution in [2.24, 2.45) is 0 Å². The van der Waals surface area contributed by atoms with E-state index in [2.05, 4.69) is 11.9 Å². The van der Waals surface area contributed by atoms with Crippen molar-refractivity contribution in [3.8, 4) is 0 Å².